The molecule has 1 amide bonds. The minimum Gasteiger partial charge on any atom is -0.382 e. The Morgan fingerprint density at radius 1 is 1.07 bits per heavy atom. The molecular formula is C27H22Cl2F3N3O5S. The van der Waals surface area contributed by atoms with Crippen molar-refractivity contribution in [2.24, 2.45) is 0 Å². The molecule has 0 spiro atoms. The smallest absolute Gasteiger partial charge is 0.382 e. The van der Waals surface area contributed by atoms with Crippen molar-refractivity contribution in [3.8, 4) is 5.69 Å². The van der Waals surface area contributed by atoms with E-state index in [0.29, 0.717) is 37.4 Å². The van der Waals surface area contributed by atoms with Gasteiger partial charge >= 0.3 is 17.7 Å². The van der Waals surface area contributed by atoms with Crippen LogP contribution in [0.25, 0.3) is 16.6 Å². The predicted molar refractivity (Wildman–Crippen MR) is 147 cm³/mol. The van der Waals surface area contributed by atoms with Crippen LogP contribution in [0.1, 0.15) is 39.1 Å². The standard InChI is InChI=1S/C27H22Cl2F3N3O3.O2S/c1-15-18-13-21(35(16-5-3-2-4-6-16)20(18)14-22(33-15)27(30,31)32)25(36)23-19(28)8-7-17(24(23)29)26(37)34-9-11-38-12-10-34;1-3-2/h2-8,13-14,25,36H,9-12H2,1H3;. The Kier molecular flexibility index (Phi) is 9.50. The van der Waals surface area contributed by atoms with E-state index in [1.807, 2.05) is 0 Å². The summed E-state index contributed by atoms with van der Waals surface area (Å²) in [7, 11) is 0. The van der Waals surface area contributed by atoms with Gasteiger partial charge in [0, 0.05) is 40.4 Å². The molecule has 1 fully saturated rings. The molecule has 4 aromatic rings. The van der Waals surface area contributed by atoms with Gasteiger partial charge in [0.25, 0.3) is 5.91 Å². The normalized spacial score (nSPS) is 14.4. The number of hydrogen-bond acceptors (Lipinski definition) is 6. The zero-order valence-corrected chi connectivity index (χ0v) is 23.7. The first-order valence-electron chi connectivity index (χ1n) is 12.1. The number of rotatable bonds is 4. The molecule has 2 aromatic carbocycles. The maximum atomic E-state index is 13.6. The van der Waals surface area contributed by atoms with E-state index in [1.54, 1.807) is 41.3 Å². The van der Waals surface area contributed by atoms with Crippen LogP contribution in [0, 0.1) is 6.92 Å². The molecule has 0 bridgehead atoms. The number of carbonyl (C=O) groups is 1. The number of carbonyl (C=O) groups excluding carboxylic acids is 1. The fourth-order valence-corrected chi connectivity index (χ4v) is 5.32. The quantitative estimate of drug-likeness (QED) is 0.319. The van der Waals surface area contributed by atoms with E-state index in [-0.39, 0.29) is 44.0 Å². The number of fused-ring (bicyclic) bond motifs is 1. The number of para-hydroxylation sites is 1. The van der Waals surface area contributed by atoms with E-state index in [1.165, 1.54) is 23.6 Å². The van der Waals surface area contributed by atoms with E-state index in [9.17, 15) is 23.1 Å². The number of pyridine rings is 1. The molecule has 0 aliphatic carbocycles. The van der Waals surface area contributed by atoms with E-state index in [2.05, 4.69) is 4.98 Å². The lowest BCUT2D eigenvalue weighted by Gasteiger charge is -2.28. The summed E-state index contributed by atoms with van der Waals surface area (Å²) in [6.07, 6.45) is -6.14. The third-order valence-corrected chi connectivity index (χ3v) is 7.27. The van der Waals surface area contributed by atoms with Crippen LogP contribution in [0.5, 0.6) is 0 Å². The summed E-state index contributed by atoms with van der Waals surface area (Å²) in [5.74, 6) is -0.332. The summed E-state index contributed by atoms with van der Waals surface area (Å²) in [6.45, 7) is 3.07. The molecule has 41 heavy (non-hydrogen) atoms. The lowest BCUT2D eigenvalue weighted by molar-refractivity contribution is -0.141. The first-order valence-corrected chi connectivity index (χ1v) is 13.5. The van der Waals surface area contributed by atoms with Crippen molar-refractivity contribution >= 4 is 51.6 Å². The van der Waals surface area contributed by atoms with Crippen LogP contribution in [-0.2, 0) is 22.5 Å². The SMILES string of the molecule is Cc1nc(C(F)(F)F)cc2c1cc(C(O)c1c(Cl)ccc(C(=O)N3CCOCC3)c1Cl)n2-c1ccccc1.O=S=O. The monoisotopic (exact) mass is 627 g/mol. The summed E-state index contributed by atoms with van der Waals surface area (Å²) < 4.78 is 64.3. The van der Waals surface area contributed by atoms with Gasteiger partial charge in [-0.15, -0.1) is 0 Å². The molecule has 3 heterocycles. The van der Waals surface area contributed by atoms with Crippen LogP contribution in [0.3, 0.4) is 0 Å². The first kappa shape index (κ1) is 30.7. The number of aliphatic hydroxyl groups is 1. The molecule has 1 unspecified atom stereocenters. The number of halogens is 5. The number of hydrogen-bond donors (Lipinski definition) is 1. The molecular weight excluding hydrogens is 606 g/mol. The average Bonchev–Trinajstić information content (AvgIpc) is 3.34. The van der Waals surface area contributed by atoms with Crippen molar-refractivity contribution in [2.75, 3.05) is 26.3 Å². The van der Waals surface area contributed by atoms with Crippen LogP contribution in [-0.4, -0.2) is 60.2 Å². The second kappa shape index (κ2) is 12.7. The Bertz CT molecular complexity index is 1620. The molecule has 216 valence electrons. The fourth-order valence-electron chi connectivity index (χ4n) is 4.66. The molecule has 1 saturated heterocycles. The third-order valence-electron chi connectivity index (χ3n) is 6.53. The molecule has 1 aliphatic heterocycles. The van der Waals surface area contributed by atoms with E-state index in [4.69, 9.17) is 36.4 Å². The summed E-state index contributed by atoms with van der Waals surface area (Å²) in [4.78, 5) is 18.5. The van der Waals surface area contributed by atoms with E-state index >= 15 is 0 Å². The Hall–Kier alpha value is -3.29. The van der Waals surface area contributed by atoms with Crippen LogP contribution >= 0.6 is 23.2 Å². The Morgan fingerprint density at radius 2 is 1.71 bits per heavy atom. The van der Waals surface area contributed by atoms with Crippen molar-refractivity contribution in [1.82, 2.24) is 14.5 Å². The second-order valence-electron chi connectivity index (χ2n) is 8.96. The second-order valence-corrected chi connectivity index (χ2v) is 9.88. The number of aliphatic hydroxyl groups excluding tert-OH is 1. The maximum Gasteiger partial charge on any atom is 0.433 e. The Morgan fingerprint density at radius 3 is 2.32 bits per heavy atom. The summed E-state index contributed by atoms with van der Waals surface area (Å²) in [6, 6.07) is 14.1. The molecule has 8 nitrogen and oxygen atoms in total. The average molecular weight is 628 g/mol. The third kappa shape index (κ3) is 6.31. The van der Waals surface area contributed by atoms with Crippen LogP contribution in [0.15, 0.2) is 54.6 Å². The lowest BCUT2D eigenvalue weighted by atomic mass is 10.0. The first-order chi connectivity index (χ1) is 19.5. The Balaban J connectivity index is 0.00000124. The number of morpholine rings is 1. The van der Waals surface area contributed by atoms with Gasteiger partial charge in [0.15, 0.2) is 0 Å². The van der Waals surface area contributed by atoms with Gasteiger partial charge in [0.05, 0.1) is 35.0 Å². The highest BCUT2D eigenvalue weighted by Crippen LogP contribution is 2.41. The molecule has 1 atom stereocenters. The molecule has 2 aromatic heterocycles. The minimum atomic E-state index is -4.66. The Labute approximate surface area is 245 Å². The van der Waals surface area contributed by atoms with Crippen LogP contribution < -0.4 is 0 Å². The van der Waals surface area contributed by atoms with E-state index < -0.39 is 29.5 Å². The molecule has 1 aliphatic rings. The molecule has 1 N–H and O–H groups in total. The van der Waals surface area contributed by atoms with Crippen molar-refractivity contribution in [2.45, 2.75) is 19.2 Å². The van der Waals surface area contributed by atoms with Crippen molar-refractivity contribution < 1.29 is 36.2 Å². The van der Waals surface area contributed by atoms with Gasteiger partial charge in [0.1, 0.15) is 11.8 Å². The number of benzene rings is 2. The number of aromatic nitrogens is 2. The van der Waals surface area contributed by atoms with Crippen LogP contribution in [0.4, 0.5) is 13.2 Å². The van der Waals surface area contributed by atoms with Gasteiger partial charge in [-0.25, -0.2) is 4.98 Å². The number of ether oxygens (including phenoxy) is 1. The number of alkyl halides is 3. The molecule has 5 rings (SSSR count). The zero-order chi connectivity index (χ0) is 29.9. The number of amides is 1. The van der Waals surface area contributed by atoms with Gasteiger partial charge in [-0.2, -0.15) is 21.6 Å². The predicted octanol–water partition coefficient (Wildman–Crippen LogP) is 5.54. The molecule has 0 radical (unpaired) electrons. The van der Waals surface area contributed by atoms with Crippen molar-refractivity contribution in [3.05, 3.63) is 92.9 Å². The summed E-state index contributed by atoms with van der Waals surface area (Å²) >= 11 is 12.4. The fraction of sp³-hybridized carbons (Fsp3) is 0.259. The number of aryl methyl sites for hydroxylation is 1. The topological polar surface area (TPSA) is 102 Å². The molecule has 14 heteroatoms. The maximum absolute atomic E-state index is 13.6. The van der Waals surface area contributed by atoms with Crippen LogP contribution in [0.2, 0.25) is 10.0 Å². The van der Waals surface area contributed by atoms with Gasteiger partial charge in [0.2, 0.25) is 0 Å². The van der Waals surface area contributed by atoms with Crippen molar-refractivity contribution in [1.29, 1.82) is 0 Å². The number of nitrogens with zero attached hydrogens (tertiary/aromatic N) is 3. The summed E-state index contributed by atoms with van der Waals surface area (Å²) in [5.41, 5.74) is 0.274. The van der Waals surface area contributed by atoms with Gasteiger partial charge in [-0.1, -0.05) is 41.4 Å². The zero-order valence-electron chi connectivity index (χ0n) is 21.3. The summed E-state index contributed by atoms with van der Waals surface area (Å²) in [5, 5.41) is 12.2. The highest BCUT2D eigenvalue weighted by Gasteiger charge is 2.35. The lowest BCUT2D eigenvalue weighted by Crippen LogP contribution is -2.40. The minimum absolute atomic E-state index is 0.0304. The highest BCUT2D eigenvalue weighted by molar-refractivity contribution is 7.51. The highest BCUT2D eigenvalue weighted by atomic mass is 35.5. The molecule has 0 saturated carbocycles. The van der Waals surface area contributed by atoms with Gasteiger partial charge < -0.3 is 19.3 Å². The van der Waals surface area contributed by atoms with Gasteiger partial charge in [-0.3, -0.25) is 4.79 Å². The van der Waals surface area contributed by atoms with Crippen molar-refractivity contribution in [3.63, 3.8) is 0 Å². The van der Waals surface area contributed by atoms with E-state index in [0.717, 1.165) is 6.07 Å². The largest absolute Gasteiger partial charge is 0.433 e. The van der Waals surface area contributed by atoms with Gasteiger partial charge in [-0.05, 0) is 43.3 Å².